The van der Waals surface area contributed by atoms with Crippen LogP contribution in [0, 0.1) is 6.92 Å². The molecule has 1 saturated heterocycles. The zero-order chi connectivity index (χ0) is 21.1. The topological polar surface area (TPSA) is 69.7 Å². The van der Waals surface area contributed by atoms with Gasteiger partial charge in [-0.25, -0.2) is 0 Å². The van der Waals surface area contributed by atoms with Gasteiger partial charge in [-0.3, -0.25) is 24.2 Å². The Morgan fingerprint density at radius 3 is 2.40 bits per heavy atom. The van der Waals surface area contributed by atoms with Gasteiger partial charge in [0.2, 0.25) is 5.91 Å². The number of nitrogens with one attached hydrogen (secondary N) is 1. The van der Waals surface area contributed by atoms with E-state index in [1.54, 1.807) is 18.2 Å². The Morgan fingerprint density at radius 2 is 1.63 bits per heavy atom. The quantitative estimate of drug-likeness (QED) is 0.751. The van der Waals surface area contributed by atoms with Crippen molar-refractivity contribution in [1.82, 2.24) is 15.1 Å². The maximum absolute atomic E-state index is 12.6. The molecular weight excluding hydrogens is 378 g/mol. The van der Waals surface area contributed by atoms with E-state index in [0.29, 0.717) is 17.7 Å². The van der Waals surface area contributed by atoms with E-state index in [0.717, 1.165) is 35.7 Å². The van der Waals surface area contributed by atoms with E-state index >= 15 is 0 Å². The first-order chi connectivity index (χ1) is 14.5. The fraction of sp³-hybridized carbons (Fsp3) is 0.375. The molecule has 2 heterocycles. The van der Waals surface area contributed by atoms with Crippen LogP contribution in [0.15, 0.2) is 42.5 Å². The summed E-state index contributed by atoms with van der Waals surface area (Å²) in [6, 6.07) is 13.3. The minimum absolute atomic E-state index is 0.264. The largest absolute Gasteiger partial charge is 0.350 e. The molecule has 4 rings (SSSR count). The minimum atomic E-state index is -0.407. The first-order valence-electron chi connectivity index (χ1n) is 10.6. The number of amides is 3. The number of piperidine rings is 1. The summed E-state index contributed by atoms with van der Waals surface area (Å²) < 4.78 is 0. The average Bonchev–Trinajstić information content (AvgIpc) is 2.98. The van der Waals surface area contributed by atoms with Crippen LogP contribution in [-0.2, 0) is 17.9 Å². The van der Waals surface area contributed by atoms with E-state index in [4.69, 9.17) is 0 Å². The van der Waals surface area contributed by atoms with E-state index in [1.807, 2.05) is 25.1 Å². The summed E-state index contributed by atoms with van der Waals surface area (Å²) in [5.41, 5.74) is 3.92. The Bertz CT molecular complexity index is 979. The van der Waals surface area contributed by atoms with Crippen LogP contribution in [0.3, 0.4) is 0 Å². The van der Waals surface area contributed by atoms with E-state index in [2.05, 4.69) is 16.3 Å². The second-order valence-corrected chi connectivity index (χ2v) is 8.13. The fourth-order valence-electron chi connectivity index (χ4n) is 4.18. The lowest BCUT2D eigenvalue weighted by Crippen LogP contribution is -2.40. The summed E-state index contributed by atoms with van der Waals surface area (Å²) in [5, 5.41) is 2.88. The maximum atomic E-state index is 12.6. The smallest absolute Gasteiger partial charge is 0.262 e. The van der Waals surface area contributed by atoms with Crippen LogP contribution < -0.4 is 5.32 Å². The van der Waals surface area contributed by atoms with Gasteiger partial charge in [0.05, 0.1) is 11.1 Å². The summed E-state index contributed by atoms with van der Waals surface area (Å²) in [5.74, 6) is -1.15. The average molecular weight is 405 g/mol. The lowest BCUT2D eigenvalue weighted by Gasteiger charge is -2.27. The SMILES string of the molecule is Cc1ccc2c(c1)C(=O)N(CC(=O)NCc1ccccc1CN1CCCCC1)C2=O. The molecule has 0 radical (unpaired) electrons. The first kappa shape index (κ1) is 20.3. The highest BCUT2D eigenvalue weighted by Gasteiger charge is 2.36. The molecule has 156 valence electrons. The Labute approximate surface area is 176 Å². The van der Waals surface area contributed by atoms with Gasteiger partial charge < -0.3 is 5.32 Å². The Balaban J connectivity index is 1.37. The predicted octanol–water partition coefficient (Wildman–Crippen LogP) is 2.89. The Kier molecular flexibility index (Phi) is 5.95. The summed E-state index contributed by atoms with van der Waals surface area (Å²) in [6.45, 7) is 5.09. The third-order valence-corrected chi connectivity index (χ3v) is 5.86. The molecule has 0 saturated carbocycles. The second-order valence-electron chi connectivity index (χ2n) is 8.13. The van der Waals surface area contributed by atoms with E-state index in [-0.39, 0.29) is 12.5 Å². The molecule has 0 atom stereocenters. The number of carbonyl (C=O) groups is 3. The van der Waals surface area contributed by atoms with Gasteiger partial charge in [0.1, 0.15) is 6.54 Å². The highest BCUT2D eigenvalue weighted by Crippen LogP contribution is 2.23. The normalized spacial score (nSPS) is 16.6. The number of hydrogen-bond acceptors (Lipinski definition) is 4. The van der Waals surface area contributed by atoms with Gasteiger partial charge in [-0.15, -0.1) is 0 Å². The molecule has 0 bridgehead atoms. The van der Waals surface area contributed by atoms with Crippen molar-refractivity contribution < 1.29 is 14.4 Å². The Hall–Kier alpha value is -2.99. The van der Waals surface area contributed by atoms with Gasteiger partial charge in [-0.1, -0.05) is 42.3 Å². The number of aryl methyl sites for hydroxylation is 1. The first-order valence-corrected chi connectivity index (χ1v) is 10.6. The van der Waals surface area contributed by atoms with Crippen molar-refractivity contribution in [2.45, 2.75) is 39.3 Å². The molecule has 1 fully saturated rings. The zero-order valence-corrected chi connectivity index (χ0v) is 17.3. The fourth-order valence-corrected chi connectivity index (χ4v) is 4.18. The monoisotopic (exact) mass is 405 g/mol. The van der Waals surface area contributed by atoms with Gasteiger partial charge in [-0.2, -0.15) is 0 Å². The molecule has 0 unspecified atom stereocenters. The zero-order valence-electron chi connectivity index (χ0n) is 17.3. The number of benzene rings is 2. The molecule has 6 nitrogen and oxygen atoms in total. The number of carbonyl (C=O) groups excluding carboxylic acids is 3. The third-order valence-electron chi connectivity index (χ3n) is 5.86. The van der Waals surface area contributed by atoms with Crippen molar-refractivity contribution in [3.8, 4) is 0 Å². The molecule has 30 heavy (non-hydrogen) atoms. The second kappa shape index (κ2) is 8.79. The third kappa shape index (κ3) is 4.28. The molecule has 3 amide bonds. The number of likely N-dealkylation sites (tertiary alicyclic amines) is 1. The summed E-state index contributed by atoms with van der Waals surface area (Å²) in [7, 11) is 0. The van der Waals surface area contributed by atoms with Gasteiger partial charge in [-0.05, 0) is 56.1 Å². The minimum Gasteiger partial charge on any atom is -0.350 e. The van der Waals surface area contributed by atoms with Gasteiger partial charge in [0, 0.05) is 13.1 Å². The van der Waals surface area contributed by atoms with Gasteiger partial charge in [0.25, 0.3) is 11.8 Å². The maximum Gasteiger partial charge on any atom is 0.262 e. The molecule has 2 aliphatic rings. The van der Waals surface area contributed by atoms with Crippen LogP contribution in [0.1, 0.15) is 56.7 Å². The Morgan fingerprint density at radius 1 is 0.933 bits per heavy atom. The highest BCUT2D eigenvalue weighted by molar-refractivity contribution is 6.22. The molecule has 0 aliphatic carbocycles. The molecule has 6 heteroatoms. The van der Waals surface area contributed by atoms with Crippen molar-refractivity contribution in [2.75, 3.05) is 19.6 Å². The van der Waals surface area contributed by atoms with Crippen LogP contribution in [-0.4, -0.2) is 47.2 Å². The molecule has 2 aromatic carbocycles. The number of nitrogens with zero attached hydrogens (tertiary/aromatic N) is 2. The summed E-state index contributed by atoms with van der Waals surface area (Å²) in [4.78, 5) is 41.1. The number of fused-ring (bicyclic) bond motifs is 1. The molecule has 0 aromatic heterocycles. The molecule has 2 aliphatic heterocycles. The van der Waals surface area contributed by atoms with E-state index in [9.17, 15) is 14.4 Å². The molecule has 1 N–H and O–H groups in total. The lowest BCUT2D eigenvalue weighted by molar-refractivity contribution is -0.121. The predicted molar refractivity (Wildman–Crippen MR) is 114 cm³/mol. The van der Waals surface area contributed by atoms with Crippen molar-refractivity contribution in [3.63, 3.8) is 0 Å². The van der Waals surface area contributed by atoms with Crippen molar-refractivity contribution in [1.29, 1.82) is 0 Å². The highest BCUT2D eigenvalue weighted by atomic mass is 16.2. The summed E-state index contributed by atoms with van der Waals surface area (Å²) >= 11 is 0. The van der Waals surface area contributed by atoms with E-state index < -0.39 is 11.8 Å². The van der Waals surface area contributed by atoms with Crippen molar-refractivity contribution in [2.24, 2.45) is 0 Å². The van der Waals surface area contributed by atoms with Gasteiger partial charge >= 0.3 is 0 Å². The van der Waals surface area contributed by atoms with E-state index in [1.165, 1.54) is 24.8 Å². The molecule has 2 aromatic rings. The molecular formula is C24H27N3O3. The van der Waals surface area contributed by atoms with Crippen molar-refractivity contribution in [3.05, 3.63) is 70.3 Å². The number of rotatable bonds is 6. The van der Waals surface area contributed by atoms with Gasteiger partial charge in [0.15, 0.2) is 0 Å². The number of hydrogen-bond donors (Lipinski definition) is 1. The van der Waals surface area contributed by atoms with Crippen molar-refractivity contribution >= 4 is 17.7 Å². The van der Waals surface area contributed by atoms with Crippen LogP contribution in [0.25, 0.3) is 0 Å². The molecule has 0 spiro atoms. The summed E-state index contributed by atoms with van der Waals surface area (Å²) in [6.07, 6.45) is 3.77. The van der Waals surface area contributed by atoms with Crippen LogP contribution in [0.4, 0.5) is 0 Å². The van der Waals surface area contributed by atoms with Crippen LogP contribution in [0.5, 0.6) is 0 Å². The lowest BCUT2D eigenvalue weighted by atomic mass is 10.0. The van der Waals surface area contributed by atoms with Crippen LogP contribution in [0.2, 0.25) is 0 Å². The standard InChI is InChI=1S/C24H27N3O3/c1-17-9-10-20-21(13-17)24(30)27(23(20)29)16-22(28)25-14-18-7-3-4-8-19(18)15-26-11-5-2-6-12-26/h3-4,7-10,13H,2,5-6,11-12,14-16H2,1H3,(H,25,28). The van der Waals surface area contributed by atoms with Crippen LogP contribution >= 0.6 is 0 Å². The number of imide groups is 1.